The van der Waals surface area contributed by atoms with Gasteiger partial charge in [0.15, 0.2) is 0 Å². The van der Waals surface area contributed by atoms with E-state index in [1.165, 1.54) is 5.56 Å². The molecular weight excluding hydrogens is 238 g/mol. The zero-order valence-corrected chi connectivity index (χ0v) is 10.9. The number of aldehydes is 1. The summed E-state index contributed by atoms with van der Waals surface area (Å²) in [5, 5.41) is 10.4. The summed E-state index contributed by atoms with van der Waals surface area (Å²) in [6.45, 7) is 2.22. The van der Waals surface area contributed by atoms with Crippen molar-refractivity contribution >= 4 is 6.29 Å². The van der Waals surface area contributed by atoms with Crippen molar-refractivity contribution in [3.63, 3.8) is 0 Å². The Kier molecular flexibility index (Phi) is 2.13. The van der Waals surface area contributed by atoms with Gasteiger partial charge in [-0.2, -0.15) is 0 Å². The van der Waals surface area contributed by atoms with Crippen LogP contribution in [-0.4, -0.2) is 34.1 Å². The minimum absolute atomic E-state index is 0.235. The minimum atomic E-state index is -0.554. The predicted molar refractivity (Wildman–Crippen MR) is 71.9 cm³/mol. The lowest BCUT2D eigenvalue weighted by Crippen LogP contribution is -2.33. The first-order chi connectivity index (χ1) is 9.15. The Hall–Kier alpha value is -1.45. The fourth-order valence-electron chi connectivity index (χ4n) is 4.07. The molecule has 2 saturated heterocycles. The summed E-state index contributed by atoms with van der Waals surface area (Å²) in [4.78, 5) is 12.9. The highest BCUT2D eigenvalue weighted by Crippen LogP contribution is 2.60. The maximum Gasteiger partial charge on any atom is 0.150 e. The first-order valence-corrected chi connectivity index (χ1v) is 6.89. The summed E-state index contributed by atoms with van der Waals surface area (Å²) in [7, 11) is 0. The largest absolute Gasteiger partial charge is 0.374 e. The van der Waals surface area contributed by atoms with E-state index in [1.807, 2.05) is 24.3 Å². The molecule has 0 radical (unpaired) electrons. The maximum atomic E-state index is 10.7. The molecule has 19 heavy (non-hydrogen) atoms. The summed E-state index contributed by atoms with van der Waals surface area (Å²) in [6.07, 6.45) is 6.16. The van der Waals surface area contributed by atoms with E-state index < -0.39 is 5.72 Å². The van der Waals surface area contributed by atoms with Gasteiger partial charge in [-0.05, 0) is 23.8 Å². The smallest absolute Gasteiger partial charge is 0.150 e. The molecule has 2 fully saturated rings. The number of carbonyl (C=O) groups is 1. The lowest BCUT2D eigenvalue weighted by Gasteiger charge is -2.30. The highest BCUT2D eigenvalue weighted by Gasteiger charge is 2.72. The van der Waals surface area contributed by atoms with Crippen LogP contribution in [-0.2, 0) is 0 Å². The highest BCUT2D eigenvalue weighted by molar-refractivity contribution is 5.74. The molecule has 3 heterocycles. The van der Waals surface area contributed by atoms with Crippen LogP contribution >= 0.6 is 0 Å². The fraction of sp³-hybridized carbons (Fsp3) is 0.438. The molecule has 6 atom stereocenters. The van der Waals surface area contributed by atoms with Gasteiger partial charge in [-0.15, -0.1) is 0 Å². The van der Waals surface area contributed by atoms with E-state index in [0.717, 1.165) is 12.7 Å². The average molecular weight is 255 g/mol. The monoisotopic (exact) mass is 255 g/mol. The van der Waals surface area contributed by atoms with E-state index in [2.05, 4.69) is 24.0 Å². The Morgan fingerprint density at radius 1 is 1.37 bits per heavy atom. The van der Waals surface area contributed by atoms with E-state index >= 15 is 0 Å². The van der Waals surface area contributed by atoms with Gasteiger partial charge >= 0.3 is 0 Å². The van der Waals surface area contributed by atoms with Crippen LogP contribution < -0.4 is 0 Å². The molecule has 98 valence electrons. The van der Waals surface area contributed by atoms with Gasteiger partial charge in [0.05, 0.1) is 6.04 Å². The van der Waals surface area contributed by atoms with Crippen LogP contribution in [0.1, 0.15) is 35.2 Å². The van der Waals surface area contributed by atoms with Crippen molar-refractivity contribution in [3.8, 4) is 0 Å². The Morgan fingerprint density at radius 2 is 2.11 bits per heavy atom. The van der Waals surface area contributed by atoms with Crippen LogP contribution in [0.15, 0.2) is 36.4 Å². The number of hydrogen-bond donors (Lipinski definition) is 1. The lowest BCUT2D eigenvalue weighted by atomic mass is 9.80. The van der Waals surface area contributed by atoms with E-state index in [0.29, 0.717) is 23.4 Å². The molecule has 5 rings (SSSR count). The molecule has 3 nitrogen and oxygen atoms in total. The van der Waals surface area contributed by atoms with Crippen LogP contribution in [0.4, 0.5) is 0 Å². The van der Waals surface area contributed by atoms with Gasteiger partial charge in [-0.3, -0.25) is 9.69 Å². The van der Waals surface area contributed by atoms with Crippen LogP contribution in [0.2, 0.25) is 0 Å². The summed E-state index contributed by atoms with van der Waals surface area (Å²) in [6, 6.07) is 8.44. The summed E-state index contributed by atoms with van der Waals surface area (Å²) < 4.78 is 0. The summed E-state index contributed by atoms with van der Waals surface area (Å²) in [5.41, 5.74) is 1.40. The van der Waals surface area contributed by atoms with Gasteiger partial charge in [0.25, 0.3) is 0 Å². The molecule has 0 saturated carbocycles. The molecule has 1 unspecified atom stereocenters. The van der Waals surface area contributed by atoms with Crippen molar-refractivity contribution in [3.05, 3.63) is 47.5 Å². The van der Waals surface area contributed by atoms with E-state index in [9.17, 15) is 9.90 Å². The van der Waals surface area contributed by atoms with Crippen LogP contribution in [0.25, 0.3) is 0 Å². The van der Waals surface area contributed by atoms with Gasteiger partial charge in [0, 0.05) is 11.6 Å². The van der Waals surface area contributed by atoms with Gasteiger partial charge < -0.3 is 5.11 Å². The molecule has 1 N–H and O–H groups in total. The average Bonchev–Trinajstić information content (AvgIpc) is 2.96. The SMILES string of the molecule is C[C@H](c1ccc(C=O)cc1)[C@@H]1[C@H]2C=C[C@@H]3N1[C@@]3(O)C2. The predicted octanol–water partition coefficient (Wildman–Crippen LogP) is 1.93. The highest BCUT2D eigenvalue weighted by atomic mass is 16.3. The Balaban J connectivity index is 1.63. The fourth-order valence-corrected chi connectivity index (χ4v) is 4.07. The van der Waals surface area contributed by atoms with E-state index in [4.69, 9.17) is 0 Å². The molecule has 1 aromatic rings. The van der Waals surface area contributed by atoms with Crippen molar-refractivity contribution in [1.29, 1.82) is 0 Å². The summed E-state index contributed by atoms with van der Waals surface area (Å²) >= 11 is 0. The van der Waals surface area contributed by atoms with E-state index in [-0.39, 0.29) is 6.04 Å². The van der Waals surface area contributed by atoms with Crippen molar-refractivity contribution < 1.29 is 9.90 Å². The van der Waals surface area contributed by atoms with Gasteiger partial charge in [-0.1, -0.05) is 43.3 Å². The van der Waals surface area contributed by atoms with Crippen molar-refractivity contribution in [2.24, 2.45) is 5.92 Å². The number of hydrogen-bond acceptors (Lipinski definition) is 3. The van der Waals surface area contributed by atoms with Gasteiger partial charge in [0.1, 0.15) is 12.0 Å². The quantitative estimate of drug-likeness (QED) is 0.510. The third kappa shape index (κ3) is 1.37. The molecule has 3 heteroatoms. The third-order valence-electron chi connectivity index (χ3n) is 5.10. The molecule has 0 spiro atoms. The molecule has 3 aliphatic heterocycles. The molecule has 0 aromatic heterocycles. The number of piperidine rings is 1. The first kappa shape index (κ1) is 11.4. The molecule has 4 bridgehead atoms. The molecule has 0 amide bonds. The molecule has 1 aromatic carbocycles. The van der Waals surface area contributed by atoms with Crippen LogP contribution in [0.5, 0.6) is 0 Å². The second kappa shape index (κ2) is 3.56. The third-order valence-corrected chi connectivity index (χ3v) is 5.10. The Labute approximate surface area is 112 Å². The normalized spacial score (nSPS) is 43.1. The van der Waals surface area contributed by atoms with Crippen LogP contribution in [0, 0.1) is 5.92 Å². The molecular formula is C16H17NO2. The van der Waals surface area contributed by atoms with Crippen molar-refractivity contribution in [2.75, 3.05) is 0 Å². The van der Waals surface area contributed by atoms with Crippen molar-refractivity contribution in [2.45, 2.75) is 37.1 Å². The van der Waals surface area contributed by atoms with Crippen LogP contribution in [0.3, 0.4) is 0 Å². The zero-order chi connectivity index (χ0) is 13.2. The number of benzene rings is 1. The Bertz CT molecular complexity index is 565. The lowest BCUT2D eigenvalue weighted by molar-refractivity contribution is 0.101. The standard InChI is InChI=1S/C16H17NO2/c1-10(12-4-2-11(9-18)3-5-12)15-13-6-7-14-16(19,8-13)17(14)15/h2-7,9-10,13-15,19H,8H2,1H3/t10-,13+,14+,15-,16-,17?/m1/s1. The molecule has 1 aliphatic carbocycles. The summed E-state index contributed by atoms with van der Waals surface area (Å²) in [5.74, 6) is 0.824. The number of nitrogens with zero attached hydrogens (tertiary/aromatic N) is 1. The number of rotatable bonds is 3. The van der Waals surface area contributed by atoms with Gasteiger partial charge in [0.2, 0.25) is 0 Å². The Morgan fingerprint density at radius 3 is 2.63 bits per heavy atom. The molecule has 4 aliphatic rings. The van der Waals surface area contributed by atoms with Crippen molar-refractivity contribution in [1.82, 2.24) is 4.90 Å². The second-order valence-corrected chi connectivity index (χ2v) is 6.05. The van der Waals surface area contributed by atoms with Gasteiger partial charge in [-0.25, -0.2) is 0 Å². The second-order valence-electron chi connectivity index (χ2n) is 6.05. The first-order valence-electron chi connectivity index (χ1n) is 6.89. The number of carbonyl (C=O) groups excluding carboxylic acids is 1. The number of aliphatic hydroxyl groups is 1. The maximum absolute atomic E-state index is 10.7. The zero-order valence-electron chi connectivity index (χ0n) is 10.9. The van der Waals surface area contributed by atoms with E-state index in [1.54, 1.807) is 0 Å². The minimum Gasteiger partial charge on any atom is -0.374 e. The topological polar surface area (TPSA) is 40.3 Å².